The molecule has 1 heterocycles. The van der Waals surface area contributed by atoms with Crippen molar-refractivity contribution in [3.8, 4) is 5.75 Å². The molecule has 0 saturated carbocycles. The lowest BCUT2D eigenvalue weighted by molar-refractivity contribution is -0.118. The van der Waals surface area contributed by atoms with Crippen molar-refractivity contribution in [1.82, 2.24) is 4.31 Å². The average molecular weight is 491 g/mol. The van der Waals surface area contributed by atoms with Crippen LogP contribution in [-0.2, 0) is 19.6 Å². The smallest absolute Gasteiger partial charge is 0.262 e. The molecular weight excluding hydrogens is 460 g/mol. The second-order valence-electron chi connectivity index (χ2n) is 7.60. The topological polar surface area (TPSA) is 131 Å². The fourth-order valence-electron chi connectivity index (χ4n) is 3.63. The van der Waals surface area contributed by atoms with E-state index in [0.29, 0.717) is 43.4 Å². The van der Waals surface area contributed by atoms with Crippen LogP contribution >= 0.6 is 0 Å². The van der Waals surface area contributed by atoms with Gasteiger partial charge >= 0.3 is 0 Å². The molecule has 2 aromatic rings. The van der Waals surface area contributed by atoms with E-state index < -0.39 is 21.8 Å². The highest BCUT2D eigenvalue weighted by atomic mass is 32.2. The van der Waals surface area contributed by atoms with Crippen molar-refractivity contribution in [1.29, 1.82) is 0 Å². The fraction of sp³-hybridized carbons (Fsp3) is 0.391. The number of primary amides is 1. The fourth-order valence-corrected chi connectivity index (χ4v) is 5.06. The maximum absolute atomic E-state index is 13.1. The molecule has 0 atom stereocenters. The van der Waals surface area contributed by atoms with Crippen LogP contribution in [0, 0.1) is 0 Å². The van der Waals surface area contributed by atoms with E-state index in [0.717, 1.165) is 0 Å². The minimum absolute atomic E-state index is 0.0932. The molecule has 3 N–H and O–H groups in total. The molecule has 2 aromatic carbocycles. The van der Waals surface area contributed by atoms with Crippen molar-refractivity contribution < 1.29 is 27.5 Å². The molecule has 1 aliphatic heterocycles. The largest absolute Gasteiger partial charge is 0.484 e. The Morgan fingerprint density at radius 2 is 1.82 bits per heavy atom. The second-order valence-corrected chi connectivity index (χ2v) is 9.53. The Bertz CT molecular complexity index is 1130. The highest BCUT2D eigenvalue weighted by molar-refractivity contribution is 7.89. The maximum atomic E-state index is 13.1. The van der Waals surface area contributed by atoms with E-state index in [1.165, 1.54) is 16.4 Å². The third-order valence-corrected chi connectivity index (χ3v) is 7.34. The molecule has 0 radical (unpaired) electrons. The van der Waals surface area contributed by atoms with Gasteiger partial charge in [0.2, 0.25) is 15.9 Å². The van der Waals surface area contributed by atoms with E-state index in [1.54, 1.807) is 30.3 Å². The first kappa shape index (κ1) is 25.5. The maximum Gasteiger partial charge on any atom is 0.262 e. The van der Waals surface area contributed by atoms with E-state index >= 15 is 0 Å². The van der Waals surface area contributed by atoms with Crippen LogP contribution in [0.15, 0.2) is 47.4 Å². The van der Waals surface area contributed by atoms with Crippen LogP contribution in [0.5, 0.6) is 5.75 Å². The SMILES string of the molecule is CCN(CC)c1ccc(S(=O)(=O)N2CCOCC2)cc1NC(=O)COc1cccc(C(N)=O)c1. The zero-order valence-electron chi connectivity index (χ0n) is 19.3. The number of hydrogen-bond acceptors (Lipinski definition) is 7. The Morgan fingerprint density at radius 1 is 1.12 bits per heavy atom. The molecule has 1 aliphatic rings. The van der Waals surface area contributed by atoms with Gasteiger partial charge in [-0.1, -0.05) is 6.07 Å². The molecule has 0 aliphatic carbocycles. The molecule has 0 aromatic heterocycles. The molecule has 184 valence electrons. The Labute approximate surface area is 199 Å². The predicted octanol–water partition coefficient (Wildman–Crippen LogP) is 1.67. The van der Waals surface area contributed by atoms with Gasteiger partial charge in [-0.3, -0.25) is 9.59 Å². The zero-order chi connectivity index (χ0) is 24.7. The number of nitrogens with zero attached hydrogens (tertiary/aromatic N) is 2. The van der Waals surface area contributed by atoms with Gasteiger partial charge in [-0.25, -0.2) is 8.42 Å². The molecule has 2 amide bonds. The van der Waals surface area contributed by atoms with E-state index in [4.69, 9.17) is 15.2 Å². The van der Waals surface area contributed by atoms with E-state index in [1.807, 2.05) is 18.7 Å². The lowest BCUT2D eigenvalue weighted by atomic mass is 10.2. The van der Waals surface area contributed by atoms with Crippen molar-refractivity contribution in [2.24, 2.45) is 5.73 Å². The molecule has 11 heteroatoms. The monoisotopic (exact) mass is 490 g/mol. The first-order chi connectivity index (χ1) is 16.3. The summed E-state index contributed by atoms with van der Waals surface area (Å²) in [6.07, 6.45) is 0. The predicted molar refractivity (Wildman–Crippen MR) is 129 cm³/mol. The molecule has 3 rings (SSSR count). The molecule has 34 heavy (non-hydrogen) atoms. The van der Waals surface area contributed by atoms with Gasteiger partial charge in [-0.15, -0.1) is 0 Å². The number of benzene rings is 2. The van der Waals surface area contributed by atoms with Gasteiger partial charge in [0.05, 0.1) is 29.5 Å². The van der Waals surface area contributed by atoms with Gasteiger partial charge in [0, 0.05) is 31.7 Å². The lowest BCUT2D eigenvalue weighted by Gasteiger charge is -2.28. The molecular formula is C23H30N4O6S. The summed E-state index contributed by atoms with van der Waals surface area (Å²) >= 11 is 0. The van der Waals surface area contributed by atoms with Gasteiger partial charge in [0.1, 0.15) is 5.75 Å². The summed E-state index contributed by atoms with van der Waals surface area (Å²) in [5, 5.41) is 2.78. The highest BCUT2D eigenvalue weighted by Gasteiger charge is 2.27. The summed E-state index contributed by atoms with van der Waals surface area (Å²) in [4.78, 5) is 26.1. The molecule has 1 saturated heterocycles. The quantitative estimate of drug-likeness (QED) is 0.518. The molecule has 0 bridgehead atoms. The van der Waals surface area contributed by atoms with Crippen molar-refractivity contribution in [3.63, 3.8) is 0 Å². The average Bonchev–Trinajstić information content (AvgIpc) is 2.85. The van der Waals surface area contributed by atoms with Crippen molar-refractivity contribution in [2.45, 2.75) is 18.7 Å². The zero-order valence-corrected chi connectivity index (χ0v) is 20.1. The third kappa shape index (κ3) is 6.04. The highest BCUT2D eigenvalue weighted by Crippen LogP contribution is 2.30. The summed E-state index contributed by atoms with van der Waals surface area (Å²) in [5.41, 5.74) is 6.62. The van der Waals surface area contributed by atoms with Gasteiger partial charge in [-0.2, -0.15) is 4.31 Å². The van der Waals surface area contributed by atoms with Gasteiger partial charge in [0.25, 0.3) is 5.91 Å². The minimum Gasteiger partial charge on any atom is -0.484 e. The molecule has 10 nitrogen and oxygen atoms in total. The summed E-state index contributed by atoms with van der Waals surface area (Å²) in [6.45, 7) is 6.20. The van der Waals surface area contributed by atoms with Crippen LogP contribution in [0.1, 0.15) is 24.2 Å². The van der Waals surface area contributed by atoms with Crippen LogP contribution in [-0.4, -0.2) is 70.5 Å². The Balaban J connectivity index is 1.82. The number of ether oxygens (including phenoxy) is 2. The first-order valence-electron chi connectivity index (χ1n) is 11.1. The van der Waals surface area contributed by atoms with Crippen molar-refractivity contribution >= 4 is 33.2 Å². The van der Waals surface area contributed by atoms with E-state index in [-0.39, 0.29) is 30.2 Å². The number of carbonyl (C=O) groups excluding carboxylic acids is 2. The Morgan fingerprint density at radius 3 is 2.47 bits per heavy atom. The normalized spacial score (nSPS) is 14.4. The summed E-state index contributed by atoms with van der Waals surface area (Å²) < 4.78 is 38.4. The van der Waals surface area contributed by atoms with Crippen molar-refractivity contribution in [3.05, 3.63) is 48.0 Å². The summed E-state index contributed by atoms with van der Waals surface area (Å²) in [5.74, 6) is -0.755. The number of nitrogens with two attached hydrogens (primary N) is 1. The van der Waals surface area contributed by atoms with Crippen molar-refractivity contribution in [2.75, 3.05) is 56.2 Å². The molecule has 0 unspecified atom stereocenters. The number of anilines is 2. The number of carbonyl (C=O) groups is 2. The van der Waals surface area contributed by atoms with Crippen LogP contribution < -0.4 is 20.7 Å². The van der Waals surface area contributed by atoms with Gasteiger partial charge < -0.3 is 25.4 Å². The van der Waals surface area contributed by atoms with Gasteiger partial charge in [-0.05, 0) is 50.2 Å². The first-order valence-corrected chi connectivity index (χ1v) is 12.5. The number of sulfonamides is 1. The summed E-state index contributed by atoms with van der Waals surface area (Å²) in [6, 6.07) is 10.9. The Hall–Kier alpha value is -3.15. The molecule has 1 fully saturated rings. The second kappa shape index (κ2) is 11.3. The molecule has 0 spiro atoms. The third-order valence-electron chi connectivity index (χ3n) is 5.44. The standard InChI is InChI=1S/C23H30N4O6S/c1-3-26(4-2)21-9-8-19(34(30,31)27-10-12-32-13-11-27)15-20(21)25-22(28)16-33-18-7-5-6-17(14-18)23(24)29/h5-9,14-15H,3-4,10-13,16H2,1-2H3,(H2,24,29)(H,25,28). The Kier molecular flexibility index (Phi) is 8.48. The van der Waals surface area contributed by atoms with Crippen LogP contribution in [0.25, 0.3) is 0 Å². The lowest BCUT2D eigenvalue weighted by Crippen LogP contribution is -2.40. The van der Waals surface area contributed by atoms with E-state index in [2.05, 4.69) is 5.32 Å². The number of hydrogen-bond donors (Lipinski definition) is 2. The van der Waals surface area contributed by atoms with E-state index in [9.17, 15) is 18.0 Å². The summed E-state index contributed by atoms with van der Waals surface area (Å²) in [7, 11) is -3.74. The van der Waals surface area contributed by atoms with Crippen LogP contribution in [0.2, 0.25) is 0 Å². The van der Waals surface area contributed by atoms with Crippen LogP contribution in [0.3, 0.4) is 0 Å². The van der Waals surface area contributed by atoms with Gasteiger partial charge in [0.15, 0.2) is 6.61 Å². The number of rotatable bonds is 10. The minimum atomic E-state index is -3.74. The number of amides is 2. The number of morpholine rings is 1. The van der Waals surface area contributed by atoms with Crippen LogP contribution in [0.4, 0.5) is 11.4 Å². The number of nitrogens with one attached hydrogen (secondary N) is 1.